The van der Waals surface area contributed by atoms with Crippen molar-refractivity contribution in [2.75, 3.05) is 13.2 Å². The quantitative estimate of drug-likeness (QED) is 0.194. The van der Waals surface area contributed by atoms with Gasteiger partial charge in [-0.15, -0.1) is 0 Å². The van der Waals surface area contributed by atoms with Gasteiger partial charge in [0.25, 0.3) is 0 Å². The molecule has 2 aromatic heterocycles. The van der Waals surface area contributed by atoms with E-state index in [1.807, 2.05) is 29.0 Å². The fourth-order valence-corrected chi connectivity index (χ4v) is 7.21. The number of benzene rings is 2. The van der Waals surface area contributed by atoms with Crippen molar-refractivity contribution in [3.05, 3.63) is 75.5 Å². The molecule has 1 N–H and O–H groups in total. The summed E-state index contributed by atoms with van der Waals surface area (Å²) in [6.45, 7) is 8.53. The summed E-state index contributed by atoms with van der Waals surface area (Å²) in [6.07, 6.45) is 10.6. The number of rotatable bonds is 5. The predicted molar refractivity (Wildman–Crippen MR) is 170 cm³/mol. The van der Waals surface area contributed by atoms with E-state index in [-0.39, 0.29) is 12.4 Å². The highest BCUT2D eigenvalue weighted by Gasteiger charge is 2.27. The third-order valence-electron chi connectivity index (χ3n) is 8.97. The number of unbranched alkanes of at least 4 members (excludes halogenated alkanes) is 1. The zero-order valence-electron chi connectivity index (χ0n) is 25.1. The summed E-state index contributed by atoms with van der Waals surface area (Å²) in [4.78, 5) is 0. The molecule has 0 atom stereocenters. The fourth-order valence-electron chi connectivity index (χ4n) is 6.94. The third kappa shape index (κ3) is 5.99. The molecule has 0 fully saturated rings. The first-order valence-electron chi connectivity index (χ1n) is 15.3. The summed E-state index contributed by atoms with van der Waals surface area (Å²) >= 11 is 4.71. The van der Waals surface area contributed by atoms with Crippen LogP contribution in [-0.4, -0.2) is 36.9 Å². The Bertz CT molecular complexity index is 1520. The summed E-state index contributed by atoms with van der Waals surface area (Å²) in [5, 5.41) is 13.5. The maximum absolute atomic E-state index is 15.7. The molecule has 220 valence electrons. The molecule has 1 aliphatic heterocycles. The molecule has 0 bridgehead atoms. The molecule has 0 unspecified atom stereocenters. The van der Waals surface area contributed by atoms with Gasteiger partial charge in [-0.05, 0) is 113 Å². The highest BCUT2D eigenvalue weighted by molar-refractivity contribution is 7.77. The van der Waals surface area contributed by atoms with Crippen molar-refractivity contribution in [3.63, 3.8) is 0 Å². The highest BCUT2D eigenvalue weighted by atomic mass is 32.1. The maximum atomic E-state index is 15.7. The summed E-state index contributed by atoms with van der Waals surface area (Å²) in [5.74, 6) is -0.166. The van der Waals surface area contributed by atoms with Crippen LogP contribution in [-0.2, 0) is 45.8 Å². The minimum absolute atomic E-state index is 0.166. The zero-order chi connectivity index (χ0) is 29.1. The van der Waals surface area contributed by atoms with Crippen LogP contribution in [0, 0.1) is 19.7 Å². The van der Waals surface area contributed by atoms with E-state index in [0.717, 1.165) is 61.2 Å². The Balaban J connectivity index is 0.00000108. The van der Waals surface area contributed by atoms with E-state index < -0.39 is 0 Å². The molecule has 1 aliphatic carbocycles. The van der Waals surface area contributed by atoms with Gasteiger partial charge in [-0.2, -0.15) is 5.10 Å². The van der Waals surface area contributed by atoms with E-state index in [1.54, 1.807) is 29.7 Å². The predicted octanol–water partition coefficient (Wildman–Crippen LogP) is 7.29. The number of aliphatic hydroxyl groups is 1. The Kier molecular flexibility index (Phi) is 9.57. The van der Waals surface area contributed by atoms with E-state index in [4.69, 9.17) is 23.0 Å². The minimum Gasteiger partial charge on any atom is -0.397 e. The van der Waals surface area contributed by atoms with Crippen LogP contribution in [0.4, 0.5) is 4.39 Å². The molecule has 0 radical (unpaired) electrons. The molecule has 6 rings (SSSR count). The van der Waals surface area contributed by atoms with Crippen LogP contribution >= 0.6 is 12.8 Å². The van der Waals surface area contributed by atoms with Gasteiger partial charge in [0.2, 0.25) is 0 Å². The number of fused-ring (bicyclic) bond motifs is 3. The van der Waals surface area contributed by atoms with Crippen molar-refractivity contribution in [2.45, 2.75) is 91.6 Å². The topological polar surface area (TPSA) is 46.2 Å². The van der Waals surface area contributed by atoms with Gasteiger partial charge in [0.1, 0.15) is 5.82 Å². The van der Waals surface area contributed by atoms with Crippen LogP contribution in [0.3, 0.4) is 0 Å². The second kappa shape index (κ2) is 13.1. The molecular formula is C34H45FN4OS. The largest absolute Gasteiger partial charge is 0.397 e. The molecule has 0 saturated carbocycles. The normalized spacial score (nSPS) is 15.3. The molecule has 0 saturated heterocycles. The van der Waals surface area contributed by atoms with Gasteiger partial charge in [0.05, 0.1) is 17.8 Å². The standard InChI is InChI=1S/C32H39FN4S.C2H6O/c1-21-25(14-6-4-10-23-12-8-13-24-11-5-7-15-26(23)24)27-16-17-28(33)31-30-22(2)35(3)34-29(30)20-36(38)18-9-19-37(21)32(27)31;1-2-3/h8,12-13,16-17,38H,4-7,9-11,14-15,18-20H2,1-3H3;3H,2H2,1H3. The van der Waals surface area contributed by atoms with Crippen LogP contribution in [0.15, 0.2) is 30.3 Å². The SMILES string of the molecule is CCO.Cc1c2c(nn1C)CN(S)CCCn1c(C)c(CCCCc3cccc4c3CCCC4)c3ccc(F)c-2c31. The Morgan fingerprint density at radius 1 is 0.951 bits per heavy atom. The van der Waals surface area contributed by atoms with Gasteiger partial charge in [-0.25, -0.2) is 8.70 Å². The van der Waals surface area contributed by atoms with Gasteiger partial charge in [-0.3, -0.25) is 4.68 Å². The summed E-state index contributed by atoms with van der Waals surface area (Å²) < 4.78 is 22.0. The molecule has 41 heavy (non-hydrogen) atoms. The van der Waals surface area contributed by atoms with Crippen molar-refractivity contribution in [1.29, 1.82) is 0 Å². The first-order valence-corrected chi connectivity index (χ1v) is 15.7. The lowest BCUT2D eigenvalue weighted by Gasteiger charge is -2.20. The summed E-state index contributed by atoms with van der Waals surface area (Å²) in [6, 6.07) is 10.6. The zero-order valence-corrected chi connectivity index (χ0v) is 26.0. The van der Waals surface area contributed by atoms with Crippen LogP contribution in [0.1, 0.15) is 78.4 Å². The third-order valence-corrected chi connectivity index (χ3v) is 9.31. The van der Waals surface area contributed by atoms with Crippen LogP contribution in [0.2, 0.25) is 0 Å². The van der Waals surface area contributed by atoms with E-state index >= 15 is 4.39 Å². The lowest BCUT2D eigenvalue weighted by molar-refractivity contribution is 0.318. The van der Waals surface area contributed by atoms with Gasteiger partial charge in [0.15, 0.2) is 0 Å². The fraction of sp³-hybridized carbons (Fsp3) is 0.500. The lowest BCUT2D eigenvalue weighted by atomic mass is 9.86. The molecule has 0 spiro atoms. The highest BCUT2D eigenvalue weighted by Crippen LogP contribution is 2.40. The Labute approximate surface area is 249 Å². The van der Waals surface area contributed by atoms with E-state index in [1.165, 1.54) is 48.7 Å². The van der Waals surface area contributed by atoms with Crippen molar-refractivity contribution < 1.29 is 9.50 Å². The molecule has 7 heteroatoms. The molecule has 0 amide bonds. The van der Waals surface area contributed by atoms with Gasteiger partial charge >= 0.3 is 0 Å². The van der Waals surface area contributed by atoms with E-state index in [9.17, 15) is 0 Å². The smallest absolute Gasteiger partial charge is 0.133 e. The number of aryl methyl sites for hydroxylation is 5. The second-order valence-corrected chi connectivity index (χ2v) is 12.2. The maximum Gasteiger partial charge on any atom is 0.133 e. The van der Waals surface area contributed by atoms with Crippen LogP contribution in [0.25, 0.3) is 22.0 Å². The molecule has 2 aliphatic rings. The lowest BCUT2D eigenvalue weighted by Crippen LogP contribution is -2.18. The minimum atomic E-state index is -0.166. The molecule has 2 aromatic carbocycles. The number of hydrogen-bond donors (Lipinski definition) is 2. The average Bonchev–Trinajstić information content (AvgIpc) is 3.38. The molecular weight excluding hydrogens is 531 g/mol. The Hall–Kier alpha value is -2.61. The van der Waals surface area contributed by atoms with Gasteiger partial charge in [-0.1, -0.05) is 31.0 Å². The Morgan fingerprint density at radius 2 is 1.71 bits per heavy atom. The van der Waals surface area contributed by atoms with Gasteiger partial charge < -0.3 is 9.67 Å². The molecule has 3 heterocycles. The van der Waals surface area contributed by atoms with E-state index in [0.29, 0.717) is 12.1 Å². The van der Waals surface area contributed by atoms with Crippen LogP contribution < -0.4 is 0 Å². The van der Waals surface area contributed by atoms with Crippen molar-refractivity contribution >= 4 is 23.7 Å². The average molecular weight is 577 g/mol. The number of halogens is 1. The second-order valence-electron chi connectivity index (χ2n) is 11.6. The Morgan fingerprint density at radius 3 is 2.51 bits per heavy atom. The first-order chi connectivity index (χ1) is 19.8. The first kappa shape index (κ1) is 29.9. The van der Waals surface area contributed by atoms with Crippen molar-refractivity contribution in [3.8, 4) is 11.1 Å². The number of nitrogens with zero attached hydrogens (tertiary/aromatic N) is 4. The number of thiol groups is 1. The van der Waals surface area contributed by atoms with Crippen molar-refractivity contribution in [2.24, 2.45) is 7.05 Å². The number of aliphatic hydroxyl groups excluding tert-OH is 1. The van der Waals surface area contributed by atoms with E-state index in [2.05, 4.69) is 29.7 Å². The summed E-state index contributed by atoms with van der Waals surface area (Å²) in [7, 11) is 1.95. The van der Waals surface area contributed by atoms with Crippen LogP contribution in [0.5, 0.6) is 0 Å². The monoisotopic (exact) mass is 576 g/mol. The number of aromatic nitrogens is 3. The van der Waals surface area contributed by atoms with Crippen molar-refractivity contribution in [1.82, 2.24) is 18.7 Å². The van der Waals surface area contributed by atoms with Gasteiger partial charge in [0, 0.05) is 54.6 Å². The number of hydrogen-bond acceptors (Lipinski definition) is 4. The summed E-state index contributed by atoms with van der Waals surface area (Å²) in [5.41, 5.74) is 12.0. The molecule has 4 aromatic rings. The molecule has 5 nitrogen and oxygen atoms in total.